The van der Waals surface area contributed by atoms with Crippen LogP contribution in [0.4, 0.5) is 11.4 Å². The third kappa shape index (κ3) is 6.68. The van der Waals surface area contributed by atoms with Crippen LogP contribution in [0.5, 0.6) is 0 Å². The molecular weight excluding hydrogens is 424 g/mol. The first-order chi connectivity index (χ1) is 16.4. The molecule has 6 heteroatoms. The van der Waals surface area contributed by atoms with Gasteiger partial charge in [-0.05, 0) is 56.4 Å². The Morgan fingerprint density at radius 2 is 1.41 bits per heavy atom. The van der Waals surface area contributed by atoms with E-state index in [2.05, 4.69) is 15.5 Å². The van der Waals surface area contributed by atoms with Gasteiger partial charge in [-0.3, -0.25) is 9.59 Å². The molecule has 0 aliphatic carbocycles. The molecule has 0 saturated heterocycles. The number of carbonyl (C=O) groups excluding carboxylic acids is 2. The van der Waals surface area contributed by atoms with Crippen molar-refractivity contribution in [2.75, 3.05) is 51.5 Å². The molecule has 6 nitrogen and oxygen atoms in total. The van der Waals surface area contributed by atoms with Gasteiger partial charge in [0.05, 0.1) is 11.5 Å². The number of rotatable bonds is 10. The summed E-state index contributed by atoms with van der Waals surface area (Å²) in [6, 6.07) is 24.9. The highest BCUT2D eigenvalue weighted by molar-refractivity contribution is 6.03. The SMILES string of the molecule is CN(C)CCCNC(=O)c1cc(NC(=O)C(c2ccccc2)c2ccccc2)ccc1N(C)C. The van der Waals surface area contributed by atoms with Gasteiger partial charge in [-0.15, -0.1) is 0 Å². The largest absolute Gasteiger partial charge is 0.377 e. The van der Waals surface area contributed by atoms with E-state index in [1.807, 2.05) is 106 Å². The molecule has 2 amide bonds. The lowest BCUT2D eigenvalue weighted by Gasteiger charge is -2.21. The molecule has 0 atom stereocenters. The first kappa shape index (κ1) is 25.0. The van der Waals surface area contributed by atoms with Crippen molar-refractivity contribution in [2.45, 2.75) is 12.3 Å². The molecule has 0 saturated carbocycles. The number of nitrogens with zero attached hydrogens (tertiary/aromatic N) is 2. The van der Waals surface area contributed by atoms with Crippen molar-refractivity contribution < 1.29 is 9.59 Å². The van der Waals surface area contributed by atoms with Gasteiger partial charge in [0, 0.05) is 32.0 Å². The van der Waals surface area contributed by atoms with Crippen LogP contribution in [0.25, 0.3) is 0 Å². The van der Waals surface area contributed by atoms with Crippen LogP contribution in [0.1, 0.15) is 33.8 Å². The van der Waals surface area contributed by atoms with Gasteiger partial charge in [0.2, 0.25) is 5.91 Å². The minimum atomic E-state index is -0.459. The summed E-state index contributed by atoms with van der Waals surface area (Å²) in [6.07, 6.45) is 0.863. The van der Waals surface area contributed by atoms with Gasteiger partial charge in [0.15, 0.2) is 0 Å². The van der Waals surface area contributed by atoms with Crippen LogP contribution in [-0.2, 0) is 4.79 Å². The molecule has 0 aliphatic rings. The maximum Gasteiger partial charge on any atom is 0.253 e. The summed E-state index contributed by atoms with van der Waals surface area (Å²) in [7, 11) is 7.82. The van der Waals surface area contributed by atoms with Crippen LogP contribution in [0, 0.1) is 0 Å². The fourth-order valence-corrected chi connectivity index (χ4v) is 3.88. The Labute approximate surface area is 202 Å². The van der Waals surface area contributed by atoms with E-state index in [4.69, 9.17) is 0 Å². The summed E-state index contributed by atoms with van der Waals surface area (Å²) >= 11 is 0. The van der Waals surface area contributed by atoms with E-state index in [1.54, 1.807) is 6.07 Å². The van der Waals surface area contributed by atoms with Crippen LogP contribution in [-0.4, -0.2) is 58.0 Å². The second kappa shape index (κ2) is 12.0. The van der Waals surface area contributed by atoms with Crippen LogP contribution in [0.3, 0.4) is 0 Å². The summed E-state index contributed by atoms with van der Waals surface area (Å²) in [5.41, 5.74) is 3.74. The molecule has 178 valence electrons. The molecule has 0 aromatic heterocycles. The summed E-state index contributed by atoms with van der Waals surface area (Å²) in [5.74, 6) is -0.757. The molecule has 2 N–H and O–H groups in total. The molecule has 3 aromatic rings. The summed E-state index contributed by atoms with van der Waals surface area (Å²) in [6.45, 7) is 1.49. The zero-order chi connectivity index (χ0) is 24.5. The van der Waals surface area contributed by atoms with Crippen molar-refractivity contribution in [1.29, 1.82) is 0 Å². The maximum absolute atomic E-state index is 13.5. The lowest BCUT2D eigenvalue weighted by Crippen LogP contribution is -2.29. The Kier molecular flexibility index (Phi) is 8.82. The molecule has 3 aromatic carbocycles. The minimum absolute atomic E-state index is 0.146. The van der Waals surface area contributed by atoms with Gasteiger partial charge in [0.25, 0.3) is 5.91 Å². The van der Waals surface area contributed by atoms with Crippen molar-refractivity contribution in [3.63, 3.8) is 0 Å². The molecule has 0 radical (unpaired) electrons. The fourth-order valence-electron chi connectivity index (χ4n) is 3.88. The van der Waals surface area contributed by atoms with Crippen molar-refractivity contribution in [3.05, 3.63) is 95.6 Å². The predicted molar refractivity (Wildman–Crippen MR) is 140 cm³/mol. The maximum atomic E-state index is 13.5. The summed E-state index contributed by atoms with van der Waals surface area (Å²) < 4.78 is 0. The predicted octanol–water partition coefficient (Wildman–Crippen LogP) is 4.20. The Balaban J connectivity index is 1.84. The van der Waals surface area contributed by atoms with Gasteiger partial charge in [-0.2, -0.15) is 0 Å². The van der Waals surface area contributed by atoms with Gasteiger partial charge < -0.3 is 20.4 Å². The highest BCUT2D eigenvalue weighted by atomic mass is 16.2. The second-order valence-electron chi connectivity index (χ2n) is 8.78. The van der Waals surface area contributed by atoms with Crippen LogP contribution < -0.4 is 15.5 Å². The number of hydrogen-bond acceptors (Lipinski definition) is 4. The summed E-state index contributed by atoms with van der Waals surface area (Å²) in [5, 5.41) is 6.04. The molecule has 0 fully saturated rings. The van der Waals surface area contributed by atoms with Gasteiger partial charge >= 0.3 is 0 Å². The normalized spacial score (nSPS) is 10.9. The molecule has 0 heterocycles. The highest BCUT2D eigenvalue weighted by Gasteiger charge is 2.23. The quantitative estimate of drug-likeness (QED) is 0.447. The zero-order valence-electron chi connectivity index (χ0n) is 20.4. The Morgan fingerprint density at radius 3 is 1.94 bits per heavy atom. The molecule has 3 rings (SSSR count). The lowest BCUT2D eigenvalue weighted by atomic mass is 9.90. The third-order valence-corrected chi connectivity index (χ3v) is 5.59. The number of anilines is 2. The third-order valence-electron chi connectivity index (χ3n) is 5.59. The molecule has 0 aliphatic heterocycles. The Bertz CT molecular complexity index is 1040. The first-order valence-electron chi connectivity index (χ1n) is 11.5. The average molecular weight is 459 g/mol. The van der Waals surface area contributed by atoms with E-state index in [0.717, 1.165) is 29.8 Å². The monoisotopic (exact) mass is 458 g/mol. The Morgan fingerprint density at radius 1 is 0.824 bits per heavy atom. The first-order valence-corrected chi connectivity index (χ1v) is 11.5. The topological polar surface area (TPSA) is 64.7 Å². The standard InChI is InChI=1S/C28H34N4O2/c1-31(2)19-11-18-29-27(33)24-20-23(16-17-25(24)32(3)4)30-28(34)26(21-12-7-5-8-13-21)22-14-9-6-10-15-22/h5-10,12-17,20,26H,11,18-19H2,1-4H3,(H,29,33)(H,30,34). The van der Waals surface area contributed by atoms with E-state index in [9.17, 15) is 9.59 Å². The van der Waals surface area contributed by atoms with E-state index >= 15 is 0 Å². The molecule has 0 spiro atoms. The minimum Gasteiger partial charge on any atom is -0.377 e. The van der Waals surface area contributed by atoms with Gasteiger partial charge in [0.1, 0.15) is 0 Å². The average Bonchev–Trinajstić information content (AvgIpc) is 2.83. The van der Waals surface area contributed by atoms with Gasteiger partial charge in [-0.1, -0.05) is 60.7 Å². The number of benzene rings is 3. The number of hydrogen-bond donors (Lipinski definition) is 2. The smallest absolute Gasteiger partial charge is 0.253 e. The van der Waals surface area contributed by atoms with Crippen LogP contribution in [0.2, 0.25) is 0 Å². The van der Waals surface area contributed by atoms with E-state index < -0.39 is 5.92 Å². The Hall–Kier alpha value is -3.64. The molecular formula is C28H34N4O2. The van der Waals surface area contributed by atoms with E-state index in [0.29, 0.717) is 17.8 Å². The van der Waals surface area contributed by atoms with Gasteiger partial charge in [-0.25, -0.2) is 0 Å². The van der Waals surface area contributed by atoms with Crippen molar-refractivity contribution >= 4 is 23.2 Å². The lowest BCUT2D eigenvalue weighted by molar-refractivity contribution is -0.116. The second-order valence-corrected chi connectivity index (χ2v) is 8.78. The molecule has 34 heavy (non-hydrogen) atoms. The number of amides is 2. The molecule has 0 bridgehead atoms. The molecule has 0 unspecified atom stereocenters. The van der Waals surface area contributed by atoms with Crippen LogP contribution >= 0.6 is 0 Å². The van der Waals surface area contributed by atoms with Crippen molar-refractivity contribution in [3.8, 4) is 0 Å². The van der Waals surface area contributed by atoms with E-state index in [1.165, 1.54) is 0 Å². The van der Waals surface area contributed by atoms with Crippen LogP contribution in [0.15, 0.2) is 78.9 Å². The zero-order valence-corrected chi connectivity index (χ0v) is 20.4. The van der Waals surface area contributed by atoms with E-state index in [-0.39, 0.29) is 11.8 Å². The number of nitrogens with one attached hydrogen (secondary N) is 2. The van der Waals surface area contributed by atoms with Crippen molar-refractivity contribution in [2.24, 2.45) is 0 Å². The van der Waals surface area contributed by atoms with Crippen molar-refractivity contribution in [1.82, 2.24) is 10.2 Å². The highest BCUT2D eigenvalue weighted by Crippen LogP contribution is 2.28. The number of carbonyl (C=O) groups is 2. The fraction of sp³-hybridized carbons (Fsp3) is 0.286. The summed E-state index contributed by atoms with van der Waals surface area (Å²) in [4.78, 5) is 30.4.